The van der Waals surface area contributed by atoms with Gasteiger partial charge in [-0.15, -0.1) is 5.10 Å². The van der Waals surface area contributed by atoms with E-state index in [9.17, 15) is 4.79 Å². The normalized spacial score (nSPS) is 11.6. The van der Waals surface area contributed by atoms with Crippen LogP contribution < -0.4 is 0 Å². The van der Waals surface area contributed by atoms with Gasteiger partial charge in [0.15, 0.2) is 6.29 Å². The Bertz CT molecular complexity index is 567. The number of hydrogen-bond acceptors (Lipinski definition) is 3. The van der Waals surface area contributed by atoms with Crippen molar-refractivity contribution in [1.29, 1.82) is 0 Å². The summed E-state index contributed by atoms with van der Waals surface area (Å²) in [7, 11) is 0. The number of rotatable bonds is 2. The second-order valence-electron chi connectivity index (χ2n) is 5.08. The van der Waals surface area contributed by atoms with Gasteiger partial charge in [0.1, 0.15) is 5.69 Å². The number of nitrogens with zero attached hydrogens (tertiary/aromatic N) is 3. The Morgan fingerprint density at radius 3 is 2.33 bits per heavy atom. The molecule has 0 saturated carbocycles. The largest absolute Gasteiger partial charge is 0.296 e. The lowest BCUT2D eigenvalue weighted by Crippen LogP contribution is -2.19. The number of aromatic nitrogens is 3. The highest BCUT2D eigenvalue weighted by molar-refractivity contribution is 6.30. The van der Waals surface area contributed by atoms with Crippen LogP contribution in [0.25, 0.3) is 5.69 Å². The average Bonchev–Trinajstić information content (AvgIpc) is 2.73. The Labute approximate surface area is 111 Å². The molecular formula is C13H14ClN3O. The van der Waals surface area contributed by atoms with Crippen molar-refractivity contribution in [2.45, 2.75) is 26.2 Å². The molecule has 2 aromatic rings. The fourth-order valence-electron chi connectivity index (χ4n) is 1.84. The summed E-state index contributed by atoms with van der Waals surface area (Å²) in [5.41, 5.74) is 1.78. The third kappa shape index (κ3) is 2.29. The van der Waals surface area contributed by atoms with Gasteiger partial charge in [-0.05, 0) is 24.3 Å². The molecule has 2 rings (SSSR count). The van der Waals surface area contributed by atoms with Gasteiger partial charge in [0.2, 0.25) is 0 Å². The molecule has 4 nitrogen and oxygen atoms in total. The summed E-state index contributed by atoms with van der Waals surface area (Å²) < 4.78 is 1.68. The Morgan fingerprint density at radius 1 is 1.22 bits per heavy atom. The van der Waals surface area contributed by atoms with Gasteiger partial charge in [0, 0.05) is 10.4 Å². The van der Waals surface area contributed by atoms with Crippen LogP contribution in [0.5, 0.6) is 0 Å². The van der Waals surface area contributed by atoms with E-state index in [1.165, 1.54) is 0 Å². The van der Waals surface area contributed by atoms with Crippen molar-refractivity contribution in [1.82, 2.24) is 15.0 Å². The minimum absolute atomic E-state index is 0.223. The SMILES string of the molecule is CC(C)(C)c1c(C=O)nnn1-c1ccc(Cl)cc1. The quantitative estimate of drug-likeness (QED) is 0.783. The van der Waals surface area contributed by atoms with Gasteiger partial charge >= 0.3 is 0 Å². The summed E-state index contributed by atoms with van der Waals surface area (Å²) in [5.74, 6) is 0. The molecule has 0 saturated heterocycles. The molecule has 94 valence electrons. The minimum Gasteiger partial charge on any atom is -0.296 e. The highest BCUT2D eigenvalue weighted by Crippen LogP contribution is 2.26. The monoisotopic (exact) mass is 263 g/mol. The van der Waals surface area contributed by atoms with Gasteiger partial charge in [-0.2, -0.15) is 0 Å². The van der Waals surface area contributed by atoms with Crippen LogP contribution in [0.2, 0.25) is 5.02 Å². The highest BCUT2D eigenvalue weighted by Gasteiger charge is 2.25. The molecule has 0 amide bonds. The van der Waals surface area contributed by atoms with Crippen LogP contribution in [0, 0.1) is 0 Å². The molecule has 1 aromatic carbocycles. The van der Waals surface area contributed by atoms with Crippen LogP contribution in [0.1, 0.15) is 37.0 Å². The van der Waals surface area contributed by atoms with Crippen molar-refractivity contribution in [3.63, 3.8) is 0 Å². The van der Waals surface area contributed by atoms with Crippen LogP contribution >= 0.6 is 11.6 Å². The zero-order valence-electron chi connectivity index (χ0n) is 10.5. The predicted octanol–water partition coefficient (Wildman–Crippen LogP) is 3.03. The number of benzene rings is 1. The molecule has 0 aliphatic carbocycles. The van der Waals surface area contributed by atoms with E-state index < -0.39 is 0 Å². The average molecular weight is 264 g/mol. The Kier molecular flexibility index (Phi) is 3.22. The molecule has 0 aliphatic heterocycles. The fraction of sp³-hybridized carbons (Fsp3) is 0.308. The maximum absolute atomic E-state index is 11.0. The molecule has 0 unspecified atom stereocenters. The van der Waals surface area contributed by atoms with Crippen molar-refractivity contribution < 1.29 is 4.79 Å². The summed E-state index contributed by atoms with van der Waals surface area (Å²) in [5, 5.41) is 8.62. The molecule has 0 atom stereocenters. The molecule has 0 N–H and O–H groups in total. The number of aldehydes is 1. The first-order valence-corrected chi connectivity index (χ1v) is 5.98. The molecular weight excluding hydrogens is 250 g/mol. The van der Waals surface area contributed by atoms with Crippen LogP contribution in [0.4, 0.5) is 0 Å². The molecule has 0 radical (unpaired) electrons. The molecule has 18 heavy (non-hydrogen) atoms. The van der Waals surface area contributed by atoms with E-state index in [4.69, 9.17) is 11.6 Å². The van der Waals surface area contributed by atoms with Gasteiger partial charge in [-0.3, -0.25) is 4.79 Å². The zero-order chi connectivity index (χ0) is 13.3. The maximum Gasteiger partial charge on any atom is 0.172 e. The standard InChI is InChI=1S/C13H14ClN3O/c1-13(2,3)12-11(8-18)15-16-17(12)10-6-4-9(14)5-7-10/h4-8H,1-3H3. The van der Waals surface area contributed by atoms with Crippen molar-refractivity contribution in [3.05, 3.63) is 40.7 Å². The zero-order valence-corrected chi connectivity index (χ0v) is 11.3. The summed E-state index contributed by atoms with van der Waals surface area (Å²) in [6, 6.07) is 7.26. The first-order valence-electron chi connectivity index (χ1n) is 5.61. The van der Waals surface area contributed by atoms with E-state index in [1.807, 2.05) is 32.9 Å². The second-order valence-corrected chi connectivity index (χ2v) is 5.52. The van der Waals surface area contributed by atoms with E-state index >= 15 is 0 Å². The molecule has 0 bridgehead atoms. The van der Waals surface area contributed by atoms with E-state index in [1.54, 1.807) is 16.8 Å². The topological polar surface area (TPSA) is 47.8 Å². The lowest BCUT2D eigenvalue weighted by Gasteiger charge is -2.20. The van der Waals surface area contributed by atoms with Crippen LogP contribution in [0.15, 0.2) is 24.3 Å². The molecule has 1 heterocycles. The van der Waals surface area contributed by atoms with Gasteiger partial charge in [-0.25, -0.2) is 4.68 Å². The lowest BCUT2D eigenvalue weighted by molar-refractivity contribution is 0.111. The Morgan fingerprint density at radius 2 is 1.83 bits per heavy atom. The lowest BCUT2D eigenvalue weighted by atomic mass is 9.90. The third-order valence-electron chi connectivity index (χ3n) is 2.59. The molecule has 0 spiro atoms. The number of hydrogen-bond donors (Lipinski definition) is 0. The fourth-order valence-corrected chi connectivity index (χ4v) is 1.96. The van der Waals surface area contributed by atoms with Crippen LogP contribution in [-0.2, 0) is 5.41 Å². The number of halogens is 1. The second kappa shape index (κ2) is 4.53. The highest BCUT2D eigenvalue weighted by atomic mass is 35.5. The Balaban J connectivity index is 2.61. The summed E-state index contributed by atoms with van der Waals surface area (Å²) in [6.45, 7) is 6.06. The van der Waals surface area contributed by atoms with E-state index in [2.05, 4.69) is 10.3 Å². The number of carbonyl (C=O) groups is 1. The minimum atomic E-state index is -0.223. The van der Waals surface area contributed by atoms with Crippen LogP contribution in [0.3, 0.4) is 0 Å². The first-order chi connectivity index (χ1) is 8.43. The number of carbonyl (C=O) groups excluding carboxylic acids is 1. The summed E-state index contributed by atoms with van der Waals surface area (Å²) >= 11 is 5.86. The van der Waals surface area contributed by atoms with Crippen molar-refractivity contribution in [3.8, 4) is 5.69 Å². The molecule has 5 heteroatoms. The van der Waals surface area contributed by atoms with Crippen LogP contribution in [-0.4, -0.2) is 21.3 Å². The van der Waals surface area contributed by atoms with E-state index in [0.29, 0.717) is 10.7 Å². The molecule has 0 fully saturated rings. The summed E-state index contributed by atoms with van der Waals surface area (Å²) in [4.78, 5) is 11.0. The predicted molar refractivity (Wildman–Crippen MR) is 70.5 cm³/mol. The Hall–Kier alpha value is -1.68. The first kappa shape index (κ1) is 12.8. The maximum atomic E-state index is 11.0. The van der Waals surface area contributed by atoms with Gasteiger partial charge < -0.3 is 0 Å². The summed E-state index contributed by atoms with van der Waals surface area (Å²) in [6.07, 6.45) is 0.736. The third-order valence-corrected chi connectivity index (χ3v) is 2.84. The van der Waals surface area contributed by atoms with Crippen molar-refractivity contribution >= 4 is 17.9 Å². The smallest absolute Gasteiger partial charge is 0.172 e. The van der Waals surface area contributed by atoms with Gasteiger partial charge in [0.25, 0.3) is 0 Å². The van der Waals surface area contributed by atoms with E-state index in [0.717, 1.165) is 17.7 Å². The van der Waals surface area contributed by atoms with Crippen molar-refractivity contribution in [2.75, 3.05) is 0 Å². The van der Waals surface area contributed by atoms with Gasteiger partial charge in [-0.1, -0.05) is 37.6 Å². The van der Waals surface area contributed by atoms with Crippen molar-refractivity contribution in [2.24, 2.45) is 0 Å². The molecule has 0 aliphatic rings. The van der Waals surface area contributed by atoms with E-state index in [-0.39, 0.29) is 5.41 Å². The van der Waals surface area contributed by atoms with Gasteiger partial charge in [0.05, 0.1) is 11.4 Å². The molecule has 1 aromatic heterocycles.